The first-order valence-corrected chi connectivity index (χ1v) is 7.74. The second-order valence-corrected chi connectivity index (χ2v) is 5.76. The van der Waals surface area contributed by atoms with Crippen LogP contribution in [0.1, 0.15) is 48.6 Å². The Balaban J connectivity index is 1.81. The monoisotopic (exact) mass is 265 g/mol. The number of para-hydroxylation sites is 1. The zero-order valence-electron chi connectivity index (χ0n) is 12.4. The van der Waals surface area contributed by atoms with Gasteiger partial charge in [-0.25, -0.2) is 0 Å². The number of fused-ring (bicyclic) bond motifs is 1. The first-order chi connectivity index (χ1) is 9.78. The molecule has 0 aromatic heterocycles. The van der Waals surface area contributed by atoms with E-state index >= 15 is 0 Å². The Morgan fingerprint density at radius 2 is 1.85 bits per heavy atom. The molecular formula is C19H23N. The van der Waals surface area contributed by atoms with Gasteiger partial charge >= 0.3 is 0 Å². The van der Waals surface area contributed by atoms with Gasteiger partial charge in [-0.2, -0.15) is 0 Å². The molecule has 0 fully saturated rings. The van der Waals surface area contributed by atoms with Gasteiger partial charge in [0.05, 0.1) is 0 Å². The molecule has 0 radical (unpaired) electrons. The summed E-state index contributed by atoms with van der Waals surface area (Å²) in [6.45, 7) is 4.46. The van der Waals surface area contributed by atoms with E-state index in [4.69, 9.17) is 0 Å². The molecule has 1 atom stereocenters. The number of hydrogen-bond donors (Lipinski definition) is 1. The van der Waals surface area contributed by atoms with Crippen molar-refractivity contribution in [3.8, 4) is 0 Å². The lowest BCUT2D eigenvalue weighted by Crippen LogP contribution is -2.08. The van der Waals surface area contributed by atoms with E-state index in [1.165, 1.54) is 36.1 Å². The molecule has 2 aromatic rings. The Morgan fingerprint density at radius 3 is 2.70 bits per heavy atom. The largest absolute Gasteiger partial charge is 0.378 e. The minimum atomic E-state index is 0.355. The number of hydrogen-bond acceptors (Lipinski definition) is 1. The fourth-order valence-electron chi connectivity index (χ4n) is 3.15. The molecule has 0 bridgehead atoms. The number of benzene rings is 2. The van der Waals surface area contributed by atoms with Gasteiger partial charge in [0.15, 0.2) is 0 Å². The van der Waals surface area contributed by atoms with E-state index in [0.29, 0.717) is 6.04 Å². The Labute approximate surface area is 122 Å². The van der Waals surface area contributed by atoms with Crippen molar-refractivity contribution in [1.82, 2.24) is 0 Å². The molecule has 3 rings (SSSR count). The van der Waals surface area contributed by atoms with Crippen LogP contribution in [0.3, 0.4) is 0 Å². The first-order valence-electron chi connectivity index (χ1n) is 7.74. The summed E-state index contributed by atoms with van der Waals surface area (Å²) in [4.78, 5) is 0. The normalized spacial score (nSPS) is 14.9. The van der Waals surface area contributed by atoms with Gasteiger partial charge in [-0.3, -0.25) is 0 Å². The predicted octanol–water partition coefficient (Wildman–Crippen LogP) is 4.91. The third-order valence-electron chi connectivity index (χ3n) is 4.39. The lowest BCUT2D eigenvalue weighted by Gasteiger charge is -2.19. The van der Waals surface area contributed by atoms with Gasteiger partial charge in [-0.1, -0.05) is 43.3 Å². The Bertz CT molecular complexity index is 600. The van der Waals surface area contributed by atoms with E-state index < -0.39 is 0 Å². The molecule has 1 aliphatic rings. The first kappa shape index (κ1) is 13.2. The molecule has 0 spiro atoms. The van der Waals surface area contributed by atoms with Crippen molar-refractivity contribution in [2.24, 2.45) is 0 Å². The van der Waals surface area contributed by atoms with Crippen molar-refractivity contribution < 1.29 is 0 Å². The molecule has 1 nitrogen and oxygen atoms in total. The summed E-state index contributed by atoms with van der Waals surface area (Å²) in [5.41, 5.74) is 7.16. The fraction of sp³-hybridized carbons (Fsp3) is 0.368. The van der Waals surface area contributed by atoms with E-state index in [1.54, 1.807) is 11.1 Å². The number of rotatable bonds is 4. The van der Waals surface area contributed by atoms with Crippen LogP contribution in [-0.2, 0) is 19.3 Å². The van der Waals surface area contributed by atoms with E-state index in [0.717, 1.165) is 6.42 Å². The summed E-state index contributed by atoms with van der Waals surface area (Å²) in [7, 11) is 0. The van der Waals surface area contributed by atoms with Gasteiger partial charge in [-0.05, 0) is 60.9 Å². The molecule has 0 heterocycles. The second kappa shape index (κ2) is 5.70. The summed E-state index contributed by atoms with van der Waals surface area (Å²) in [6.07, 6.45) is 4.90. The molecule has 0 saturated carbocycles. The van der Waals surface area contributed by atoms with Crippen molar-refractivity contribution in [3.63, 3.8) is 0 Å². The van der Waals surface area contributed by atoms with Gasteiger partial charge in [0.25, 0.3) is 0 Å². The minimum Gasteiger partial charge on any atom is -0.378 e. The van der Waals surface area contributed by atoms with Crippen LogP contribution >= 0.6 is 0 Å². The van der Waals surface area contributed by atoms with E-state index in [2.05, 4.69) is 61.6 Å². The van der Waals surface area contributed by atoms with E-state index in [-0.39, 0.29) is 0 Å². The summed E-state index contributed by atoms with van der Waals surface area (Å²) < 4.78 is 0. The smallest absolute Gasteiger partial charge is 0.0485 e. The molecule has 20 heavy (non-hydrogen) atoms. The fourth-order valence-corrected chi connectivity index (χ4v) is 3.15. The average Bonchev–Trinajstić information content (AvgIpc) is 2.95. The highest BCUT2D eigenvalue weighted by Crippen LogP contribution is 2.28. The molecule has 1 N–H and O–H groups in total. The Morgan fingerprint density at radius 1 is 1.05 bits per heavy atom. The standard InChI is InChI=1S/C19H23N/c1-3-15-7-4-5-10-19(15)20-14(2)17-12-11-16-8-6-9-18(16)13-17/h4-5,7,10-14,20H,3,6,8-9H2,1-2H3. The SMILES string of the molecule is CCc1ccccc1NC(C)c1ccc2c(c1)CCC2. The van der Waals surface area contributed by atoms with Gasteiger partial charge in [-0.15, -0.1) is 0 Å². The second-order valence-electron chi connectivity index (χ2n) is 5.76. The lowest BCUT2D eigenvalue weighted by molar-refractivity contribution is 0.874. The maximum Gasteiger partial charge on any atom is 0.0485 e. The molecule has 1 aliphatic carbocycles. The predicted molar refractivity (Wildman–Crippen MR) is 86.3 cm³/mol. The molecule has 104 valence electrons. The number of anilines is 1. The van der Waals surface area contributed by atoms with Crippen LogP contribution in [0.25, 0.3) is 0 Å². The lowest BCUT2D eigenvalue weighted by atomic mass is 10.0. The van der Waals surface area contributed by atoms with Crippen LogP contribution in [0.4, 0.5) is 5.69 Å². The molecule has 2 aromatic carbocycles. The molecule has 1 heteroatoms. The third kappa shape index (κ3) is 2.58. The highest BCUT2D eigenvalue weighted by atomic mass is 14.9. The van der Waals surface area contributed by atoms with Crippen molar-refractivity contribution in [3.05, 3.63) is 64.7 Å². The molecule has 0 saturated heterocycles. The van der Waals surface area contributed by atoms with Crippen LogP contribution in [0, 0.1) is 0 Å². The highest BCUT2D eigenvalue weighted by Gasteiger charge is 2.13. The van der Waals surface area contributed by atoms with Crippen LogP contribution < -0.4 is 5.32 Å². The zero-order valence-corrected chi connectivity index (χ0v) is 12.4. The van der Waals surface area contributed by atoms with Crippen LogP contribution in [0.15, 0.2) is 42.5 Å². The quantitative estimate of drug-likeness (QED) is 0.828. The highest BCUT2D eigenvalue weighted by molar-refractivity contribution is 5.53. The summed E-state index contributed by atoms with van der Waals surface area (Å²) >= 11 is 0. The minimum absolute atomic E-state index is 0.355. The maximum absolute atomic E-state index is 3.67. The van der Waals surface area contributed by atoms with Crippen LogP contribution in [0.2, 0.25) is 0 Å². The number of aryl methyl sites for hydroxylation is 3. The molecule has 1 unspecified atom stereocenters. The van der Waals surface area contributed by atoms with Crippen molar-refractivity contribution in [2.45, 2.75) is 45.6 Å². The number of nitrogens with one attached hydrogen (secondary N) is 1. The summed E-state index contributed by atoms with van der Waals surface area (Å²) in [5.74, 6) is 0. The Kier molecular flexibility index (Phi) is 3.77. The topological polar surface area (TPSA) is 12.0 Å². The van der Waals surface area contributed by atoms with Crippen molar-refractivity contribution >= 4 is 5.69 Å². The molecular weight excluding hydrogens is 242 g/mol. The van der Waals surface area contributed by atoms with Gasteiger partial charge in [0.1, 0.15) is 0 Å². The third-order valence-corrected chi connectivity index (χ3v) is 4.39. The molecule has 0 amide bonds. The summed E-state index contributed by atoms with van der Waals surface area (Å²) in [6, 6.07) is 16.0. The van der Waals surface area contributed by atoms with Crippen molar-refractivity contribution in [1.29, 1.82) is 0 Å². The van der Waals surface area contributed by atoms with Crippen LogP contribution in [-0.4, -0.2) is 0 Å². The van der Waals surface area contributed by atoms with Gasteiger partial charge < -0.3 is 5.32 Å². The zero-order chi connectivity index (χ0) is 13.9. The maximum atomic E-state index is 3.67. The average molecular weight is 265 g/mol. The Hall–Kier alpha value is -1.76. The van der Waals surface area contributed by atoms with Gasteiger partial charge in [0.2, 0.25) is 0 Å². The van der Waals surface area contributed by atoms with E-state index in [1.807, 2.05) is 0 Å². The van der Waals surface area contributed by atoms with Crippen LogP contribution in [0.5, 0.6) is 0 Å². The van der Waals surface area contributed by atoms with E-state index in [9.17, 15) is 0 Å². The van der Waals surface area contributed by atoms with Crippen molar-refractivity contribution in [2.75, 3.05) is 5.32 Å². The molecule has 0 aliphatic heterocycles. The summed E-state index contributed by atoms with van der Waals surface area (Å²) in [5, 5.41) is 3.67. The van der Waals surface area contributed by atoms with Gasteiger partial charge in [0, 0.05) is 11.7 Å².